The van der Waals surface area contributed by atoms with Crippen LogP contribution in [0.1, 0.15) is 38.2 Å². The molecule has 7 nitrogen and oxygen atoms in total. The Morgan fingerprint density at radius 1 is 1.18 bits per heavy atom. The standard InChI is InChI=1S/C25H27FN4O3/c1-16(2)14-25(26,23(32)28-17-9-5-4-6-10-17)24(33)30(3)18(15-27)13-20-19-11-7-8-12-21(19)29-22(20)31/h4-12,16,18,20H,13-14H2,1-3H3,(H,28,32)(H,29,31). The van der Waals surface area contributed by atoms with Crippen LogP contribution >= 0.6 is 0 Å². The Bertz CT molecular complexity index is 1080. The Labute approximate surface area is 192 Å². The van der Waals surface area contributed by atoms with Crippen LogP contribution in [0.2, 0.25) is 0 Å². The first kappa shape index (κ1) is 23.9. The second-order valence-corrected chi connectivity index (χ2v) is 8.65. The Morgan fingerprint density at radius 2 is 1.82 bits per heavy atom. The summed E-state index contributed by atoms with van der Waals surface area (Å²) < 4.78 is 16.1. The number of nitrogens with zero attached hydrogens (tertiary/aromatic N) is 2. The third-order valence-electron chi connectivity index (χ3n) is 5.73. The molecule has 33 heavy (non-hydrogen) atoms. The summed E-state index contributed by atoms with van der Waals surface area (Å²) in [6.07, 6.45) is -0.362. The number of fused-ring (bicyclic) bond motifs is 1. The zero-order valence-electron chi connectivity index (χ0n) is 18.8. The molecule has 3 unspecified atom stereocenters. The first-order valence-electron chi connectivity index (χ1n) is 10.8. The van der Waals surface area contributed by atoms with Crippen LogP contribution in [0.15, 0.2) is 54.6 Å². The number of rotatable bonds is 8. The molecule has 3 atom stereocenters. The van der Waals surface area contributed by atoms with Crippen LogP contribution in [0.3, 0.4) is 0 Å². The van der Waals surface area contributed by atoms with Crippen molar-refractivity contribution < 1.29 is 18.8 Å². The summed E-state index contributed by atoms with van der Waals surface area (Å²) in [5.41, 5.74) is -1.14. The van der Waals surface area contributed by atoms with Crippen LogP contribution in [0.4, 0.5) is 15.8 Å². The van der Waals surface area contributed by atoms with Gasteiger partial charge in [-0.25, -0.2) is 4.39 Å². The van der Waals surface area contributed by atoms with E-state index in [0.717, 1.165) is 10.5 Å². The van der Waals surface area contributed by atoms with Crippen LogP contribution < -0.4 is 10.6 Å². The lowest BCUT2D eigenvalue weighted by Crippen LogP contribution is -2.55. The number of alkyl halides is 1. The fourth-order valence-corrected chi connectivity index (χ4v) is 4.04. The Morgan fingerprint density at radius 3 is 2.45 bits per heavy atom. The molecule has 1 aliphatic rings. The number of hydrogen-bond acceptors (Lipinski definition) is 4. The average molecular weight is 451 g/mol. The predicted octanol–water partition coefficient (Wildman–Crippen LogP) is 3.86. The van der Waals surface area contributed by atoms with Gasteiger partial charge < -0.3 is 15.5 Å². The van der Waals surface area contributed by atoms with Gasteiger partial charge in [0.15, 0.2) is 0 Å². The van der Waals surface area contributed by atoms with Crippen molar-refractivity contribution in [1.82, 2.24) is 4.90 Å². The second-order valence-electron chi connectivity index (χ2n) is 8.65. The monoisotopic (exact) mass is 450 g/mol. The van der Waals surface area contributed by atoms with Crippen LogP contribution in [0.25, 0.3) is 0 Å². The minimum atomic E-state index is -2.87. The van der Waals surface area contributed by atoms with Gasteiger partial charge in [-0.3, -0.25) is 14.4 Å². The van der Waals surface area contributed by atoms with Crippen molar-refractivity contribution in [3.63, 3.8) is 0 Å². The van der Waals surface area contributed by atoms with Gasteiger partial charge in [0.1, 0.15) is 6.04 Å². The van der Waals surface area contributed by atoms with E-state index in [2.05, 4.69) is 10.6 Å². The molecule has 2 N–H and O–H groups in total. The van der Waals surface area contributed by atoms with Gasteiger partial charge in [0.2, 0.25) is 5.91 Å². The molecule has 2 aromatic rings. The molecule has 0 bridgehead atoms. The highest BCUT2D eigenvalue weighted by molar-refractivity contribution is 6.13. The highest BCUT2D eigenvalue weighted by Crippen LogP contribution is 2.36. The molecular formula is C25H27FN4O3. The van der Waals surface area contributed by atoms with Crippen LogP contribution in [0, 0.1) is 17.2 Å². The minimum absolute atomic E-state index is 0.0142. The van der Waals surface area contributed by atoms with E-state index in [4.69, 9.17) is 0 Å². The van der Waals surface area contributed by atoms with E-state index in [1.807, 2.05) is 6.07 Å². The zero-order valence-corrected chi connectivity index (χ0v) is 18.8. The fourth-order valence-electron chi connectivity index (χ4n) is 4.04. The first-order chi connectivity index (χ1) is 15.7. The molecule has 0 saturated heterocycles. The predicted molar refractivity (Wildman–Crippen MR) is 123 cm³/mol. The molecule has 2 aromatic carbocycles. The summed E-state index contributed by atoms with van der Waals surface area (Å²) in [5, 5.41) is 15.0. The molecule has 3 amide bonds. The Hall–Kier alpha value is -3.73. The molecule has 1 aliphatic heterocycles. The van der Waals surface area contributed by atoms with Crippen molar-refractivity contribution >= 4 is 29.1 Å². The molecule has 8 heteroatoms. The number of nitrogens with one attached hydrogen (secondary N) is 2. The lowest BCUT2D eigenvalue weighted by molar-refractivity contribution is -0.152. The minimum Gasteiger partial charge on any atom is -0.326 e. The van der Waals surface area contributed by atoms with E-state index in [0.29, 0.717) is 11.4 Å². The third kappa shape index (κ3) is 5.03. The number of para-hydroxylation sites is 2. The molecule has 0 radical (unpaired) electrons. The van der Waals surface area contributed by atoms with Crippen molar-refractivity contribution in [3.8, 4) is 6.07 Å². The number of carbonyl (C=O) groups excluding carboxylic acids is 3. The lowest BCUT2D eigenvalue weighted by Gasteiger charge is -2.32. The average Bonchev–Trinajstić information content (AvgIpc) is 3.11. The molecule has 0 aromatic heterocycles. The summed E-state index contributed by atoms with van der Waals surface area (Å²) in [6.45, 7) is 3.41. The topological polar surface area (TPSA) is 102 Å². The van der Waals surface area contributed by atoms with Crippen LogP contribution in [0.5, 0.6) is 0 Å². The number of amides is 3. The van der Waals surface area contributed by atoms with E-state index >= 15 is 4.39 Å². The smallest absolute Gasteiger partial charge is 0.271 e. The van der Waals surface area contributed by atoms with Gasteiger partial charge in [-0.05, 0) is 36.1 Å². The van der Waals surface area contributed by atoms with Crippen molar-refractivity contribution in [2.24, 2.45) is 5.92 Å². The normalized spacial score (nSPS) is 17.3. The maximum atomic E-state index is 16.1. The van der Waals surface area contributed by atoms with Gasteiger partial charge in [0.25, 0.3) is 17.5 Å². The zero-order chi connectivity index (χ0) is 24.2. The highest BCUT2D eigenvalue weighted by atomic mass is 19.1. The number of hydrogen-bond donors (Lipinski definition) is 2. The van der Waals surface area contributed by atoms with E-state index in [1.54, 1.807) is 68.4 Å². The van der Waals surface area contributed by atoms with Gasteiger partial charge in [0.05, 0.1) is 12.0 Å². The number of benzene rings is 2. The molecule has 0 spiro atoms. The maximum absolute atomic E-state index is 16.1. The van der Waals surface area contributed by atoms with Gasteiger partial charge in [-0.2, -0.15) is 5.26 Å². The Balaban J connectivity index is 1.83. The van der Waals surface area contributed by atoms with E-state index < -0.39 is 29.4 Å². The quantitative estimate of drug-likeness (QED) is 0.596. The summed E-state index contributed by atoms with van der Waals surface area (Å²) in [7, 11) is 1.29. The number of halogens is 1. The summed E-state index contributed by atoms with van der Waals surface area (Å²) in [5.74, 6) is -3.43. The molecule has 172 valence electrons. The van der Waals surface area contributed by atoms with Gasteiger partial charge in [-0.15, -0.1) is 0 Å². The number of nitriles is 1. The molecular weight excluding hydrogens is 423 g/mol. The fraction of sp³-hybridized carbons (Fsp3) is 0.360. The number of anilines is 2. The highest BCUT2D eigenvalue weighted by Gasteiger charge is 2.50. The van der Waals surface area contributed by atoms with Gasteiger partial charge >= 0.3 is 0 Å². The molecule has 0 saturated carbocycles. The van der Waals surface area contributed by atoms with Gasteiger partial charge in [0, 0.05) is 24.8 Å². The molecule has 1 heterocycles. The van der Waals surface area contributed by atoms with E-state index in [9.17, 15) is 19.6 Å². The van der Waals surface area contributed by atoms with Crippen LogP contribution in [-0.4, -0.2) is 41.4 Å². The van der Waals surface area contributed by atoms with Crippen molar-refractivity contribution in [1.29, 1.82) is 5.26 Å². The van der Waals surface area contributed by atoms with Crippen molar-refractivity contribution in [2.75, 3.05) is 17.7 Å². The molecule has 0 aliphatic carbocycles. The second kappa shape index (κ2) is 9.82. The lowest BCUT2D eigenvalue weighted by atomic mass is 9.89. The SMILES string of the molecule is CC(C)CC(F)(C(=O)Nc1ccccc1)C(=O)N(C)C(C#N)CC1C(=O)Nc2ccccc21. The summed E-state index contributed by atoms with van der Waals surface area (Å²) >= 11 is 0. The maximum Gasteiger partial charge on any atom is 0.271 e. The first-order valence-corrected chi connectivity index (χ1v) is 10.8. The summed E-state index contributed by atoms with van der Waals surface area (Å²) in [4.78, 5) is 39.6. The number of carbonyl (C=O) groups is 3. The van der Waals surface area contributed by atoms with E-state index in [-0.39, 0.29) is 24.7 Å². The van der Waals surface area contributed by atoms with Crippen molar-refractivity contribution in [2.45, 2.75) is 44.3 Å². The van der Waals surface area contributed by atoms with Crippen molar-refractivity contribution in [3.05, 3.63) is 60.2 Å². The molecule has 3 rings (SSSR count). The Kier molecular flexibility index (Phi) is 7.12. The third-order valence-corrected chi connectivity index (χ3v) is 5.73. The largest absolute Gasteiger partial charge is 0.326 e. The van der Waals surface area contributed by atoms with Crippen LogP contribution in [-0.2, 0) is 14.4 Å². The van der Waals surface area contributed by atoms with E-state index in [1.165, 1.54) is 7.05 Å². The summed E-state index contributed by atoms with van der Waals surface area (Å²) in [6, 6.07) is 16.3. The van der Waals surface area contributed by atoms with Gasteiger partial charge in [-0.1, -0.05) is 50.2 Å². The molecule has 0 fully saturated rings.